The number of nitrogens with zero attached hydrogens (tertiary/aromatic N) is 1. The fraction of sp³-hybridized carbons (Fsp3) is 0. The first-order valence-corrected chi connectivity index (χ1v) is 6.46. The fourth-order valence-corrected chi connectivity index (χ4v) is 2.55. The zero-order valence-electron chi connectivity index (χ0n) is 10.7. The minimum absolute atomic E-state index is 0.510. The minimum Gasteiger partial charge on any atom is -0.455 e. The van der Waals surface area contributed by atoms with Gasteiger partial charge in [-0.1, -0.05) is 36.4 Å². The molecule has 0 atom stereocenters. The maximum atomic E-state index is 6.00. The zero-order valence-corrected chi connectivity index (χ0v) is 10.7. The van der Waals surface area contributed by atoms with Crippen LogP contribution in [0.3, 0.4) is 0 Å². The van der Waals surface area contributed by atoms with Gasteiger partial charge in [0.15, 0.2) is 0 Å². The average molecular weight is 260 g/mol. The van der Waals surface area contributed by atoms with Crippen molar-refractivity contribution in [2.45, 2.75) is 0 Å². The second kappa shape index (κ2) is 4.10. The van der Waals surface area contributed by atoms with Crippen molar-refractivity contribution in [1.82, 2.24) is 4.98 Å². The Labute approximate surface area is 115 Å². The van der Waals surface area contributed by atoms with Crippen LogP contribution in [0.2, 0.25) is 0 Å². The molecular weight excluding hydrogens is 248 g/mol. The van der Waals surface area contributed by atoms with Crippen molar-refractivity contribution < 1.29 is 4.42 Å². The first-order chi connectivity index (χ1) is 9.83. The first-order valence-electron chi connectivity index (χ1n) is 6.46. The number of para-hydroxylation sites is 2. The Morgan fingerprint density at radius 1 is 0.800 bits per heavy atom. The molecule has 2 heterocycles. The molecule has 0 spiro atoms. The molecule has 3 nitrogen and oxygen atoms in total. The van der Waals surface area contributed by atoms with Gasteiger partial charge in [-0.15, -0.1) is 0 Å². The van der Waals surface area contributed by atoms with Crippen LogP contribution in [0.15, 0.2) is 65.1 Å². The van der Waals surface area contributed by atoms with E-state index in [4.69, 9.17) is 10.2 Å². The molecule has 0 aliphatic rings. The van der Waals surface area contributed by atoms with Gasteiger partial charge in [0, 0.05) is 16.3 Å². The number of fused-ring (bicyclic) bond motifs is 3. The summed E-state index contributed by atoms with van der Waals surface area (Å²) < 4.78 is 6.00. The van der Waals surface area contributed by atoms with Crippen LogP contribution in [0, 0.1) is 0 Å². The van der Waals surface area contributed by atoms with Crippen molar-refractivity contribution >= 4 is 27.8 Å². The maximum absolute atomic E-state index is 6.00. The third kappa shape index (κ3) is 1.57. The Bertz CT molecular complexity index is 924. The van der Waals surface area contributed by atoms with Gasteiger partial charge in [0.25, 0.3) is 0 Å². The molecule has 0 fully saturated rings. The highest BCUT2D eigenvalue weighted by molar-refractivity contribution is 6.09. The smallest absolute Gasteiger partial charge is 0.144 e. The number of hydrogen-bond acceptors (Lipinski definition) is 3. The van der Waals surface area contributed by atoms with Crippen LogP contribution < -0.4 is 5.73 Å². The molecule has 0 saturated heterocycles. The lowest BCUT2D eigenvalue weighted by Gasteiger charge is -2.02. The largest absolute Gasteiger partial charge is 0.455 e. The number of nitrogens with two attached hydrogens (primary N) is 1. The lowest BCUT2D eigenvalue weighted by molar-refractivity contribution is 0.670. The normalized spacial score (nSPS) is 11.2. The Hall–Kier alpha value is -2.81. The standard InChI is InChI=1S/C17H12N2O/c18-16-10-4-8-14(19-16)13-7-3-6-12-11-5-1-2-9-15(11)20-17(12)13/h1-10H,(H2,18,19). The van der Waals surface area contributed by atoms with Crippen molar-refractivity contribution in [3.63, 3.8) is 0 Å². The molecule has 2 aromatic carbocycles. The monoisotopic (exact) mass is 260 g/mol. The summed E-state index contributed by atoms with van der Waals surface area (Å²) in [6, 6.07) is 19.8. The van der Waals surface area contributed by atoms with Crippen LogP contribution in [0.4, 0.5) is 5.82 Å². The van der Waals surface area contributed by atoms with Crippen LogP contribution in [0.25, 0.3) is 33.2 Å². The molecule has 0 unspecified atom stereocenters. The van der Waals surface area contributed by atoms with Gasteiger partial charge >= 0.3 is 0 Å². The topological polar surface area (TPSA) is 52.0 Å². The summed E-state index contributed by atoms with van der Waals surface area (Å²) in [4.78, 5) is 4.38. The summed E-state index contributed by atoms with van der Waals surface area (Å²) in [5.74, 6) is 0.510. The Morgan fingerprint density at radius 2 is 1.60 bits per heavy atom. The quantitative estimate of drug-likeness (QED) is 0.557. The van der Waals surface area contributed by atoms with Crippen LogP contribution >= 0.6 is 0 Å². The molecule has 2 aromatic heterocycles. The molecule has 4 rings (SSSR count). The average Bonchev–Trinajstić information content (AvgIpc) is 2.86. The Balaban J connectivity index is 2.10. The summed E-state index contributed by atoms with van der Waals surface area (Å²) in [6.07, 6.45) is 0. The van der Waals surface area contributed by atoms with E-state index in [-0.39, 0.29) is 0 Å². The highest BCUT2D eigenvalue weighted by Gasteiger charge is 2.12. The van der Waals surface area contributed by atoms with Gasteiger partial charge in [0.05, 0.1) is 5.69 Å². The number of anilines is 1. The molecular formula is C17H12N2O. The van der Waals surface area contributed by atoms with E-state index in [1.807, 2.05) is 42.5 Å². The van der Waals surface area contributed by atoms with Gasteiger partial charge in [-0.3, -0.25) is 0 Å². The van der Waals surface area contributed by atoms with Crippen molar-refractivity contribution in [2.24, 2.45) is 0 Å². The van der Waals surface area contributed by atoms with Gasteiger partial charge in [0.1, 0.15) is 17.0 Å². The van der Waals surface area contributed by atoms with Gasteiger partial charge in [0.2, 0.25) is 0 Å². The maximum Gasteiger partial charge on any atom is 0.144 e. The Kier molecular flexibility index (Phi) is 2.27. The summed E-state index contributed by atoms with van der Waals surface area (Å²) in [6.45, 7) is 0. The summed E-state index contributed by atoms with van der Waals surface area (Å²) in [7, 11) is 0. The van der Waals surface area contributed by atoms with E-state index in [2.05, 4.69) is 17.1 Å². The number of rotatable bonds is 1. The molecule has 4 aromatic rings. The third-order valence-corrected chi connectivity index (χ3v) is 3.45. The summed E-state index contributed by atoms with van der Waals surface area (Å²) in [5, 5.41) is 2.22. The van der Waals surface area contributed by atoms with E-state index >= 15 is 0 Å². The predicted molar refractivity (Wildman–Crippen MR) is 81.4 cm³/mol. The molecule has 0 saturated carbocycles. The lowest BCUT2D eigenvalue weighted by atomic mass is 10.1. The van der Waals surface area contributed by atoms with E-state index < -0.39 is 0 Å². The van der Waals surface area contributed by atoms with Crippen molar-refractivity contribution in [3.8, 4) is 11.3 Å². The van der Waals surface area contributed by atoms with E-state index in [0.717, 1.165) is 33.2 Å². The van der Waals surface area contributed by atoms with Crippen molar-refractivity contribution in [1.29, 1.82) is 0 Å². The van der Waals surface area contributed by atoms with Gasteiger partial charge in [-0.05, 0) is 24.3 Å². The highest BCUT2D eigenvalue weighted by atomic mass is 16.3. The van der Waals surface area contributed by atoms with Crippen LogP contribution in [0.5, 0.6) is 0 Å². The number of pyridine rings is 1. The fourth-order valence-electron chi connectivity index (χ4n) is 2.55. The van der Waals surface area contributed by atoms with Crippen LogP contribution in [-0.4, -0.2) is 4.98 Å². The SMILES string of the molecule is Nc1cccc(-c2cccc3c2oc2ccccc23)n1. The van der Waals surface area contributed by atoms with Gasteiger partial charge in [-0.25, -0.2) is 4.98 Å². The second-order valence-corrected chi connectivity index (χ2v) is 4.73. The third-order valence-electron chi connectivity index (χ3n) is 3.45. The van der Waals surface area contributed by atoms with Crippen LogP contribution in [0.1, 0.15) is 0 Å². The number of nitrogen functional groups attached to an aromatic ring is 1. The first kappa shape index (κ1) is 11.1. The molecule has 2 N–H and O–H groups in total. The Morgan fingerprint density at radius 3 is 2.50 bits per heavy atom. The summed E-state index contributed by atoms with van der Waals surface area (Å²) >= 11 is 0. The number of hydrogen-bond donors (Lipinski definition) is 1. The van der Waals surface area contributed by atoms with E-state index in [1.54, 1.807) is 6.07 Å². The number of aromatic nitrogens is 1. The number of furan rings is 1. The lowest BCUT2D eigenvalue weighted by Crippen LogP contribution is -1.91. The van der Waals surface area contributed by atoms with Crippen LogP contribution in [-0.2, 0) is 0 Å². The van der Waals surface area contributed by atoms with E-state index in [0.29, 0.717) is 5.82 Å². The van der Waals surface area contributed by atoms with Gasteiger partial charge < -0.3 is 10.2 Å². The van der Waals surface area contributed by atoms with Crippen molar-refractivity contribution in [2.75, 3.05) is 5.73 Å². The molecule has 0 bridgehead atoms. The molecule has 0 amide bonds. The van der Waals surface area contributed by atoms with Gasteiger partial charge in [-0.2, -0.15) is 0 Å². The predicted octanol–water partition coefficient (Wildman–Crippen LogP) is 4.23. The van der Waals surface area contributed by atoms with E-state index in [9.17, 15) is 0 Å². The molecule has 0 aliphatic heterocycles. The second-order valence-electron chi connectivity index (χ2n) is 4.73. The minimum atomic E-state index is 0.510. The number of benzene rings is 2. The molecule has 96 valence electrons. The summed E-state index contributed by atoms with van der Waals surface area (Å²) in [5.41, 5.74) is 9.31. The zero-order chi connectivity index (χ0) is 13.5. The molecule has 20 heavy (non-hydrogen) atoms. The molecule has 3 heteroatoms. The highest BCUT2D eigenvalue weighted by Crippen LogP contribution is 2.34. The van der Waals surface area contributed by atoms with Crippen molar-refractivity contribution in [3.05, 3.63) is 60.7 Å². The molecule has 0 radical (unpaired) electrons. The van der Waals surface area contributed by atoms with E-state index in [1.165, 1.54) is 0 Å². The molecule has 0 aliphatic carbocycles.